The van der Waals surface area contributed by atoms with Crippen molar-refractivity contribution in [1.29, 1.82) is 0 Å². The van der Waals surface area contributed by atoms with E-state index >= 15 is 0 Å². The van der Waals surface area contributed by atoms with Gasteiger partial charge in [-0.05, 0) is 18.1 Å². The summed E-state index contributed by atoms with van der Waals surface area (Å²) in [6, 6.07) is 20.0. The smallest absolute Gasteiger partial charge is 0.234 e. The largest absolute Gasteiger partial charge is 0.394 e. The van der Waals surface area contributed by atoms with Crippen molar-refractivity contribution >= 4 is 5.91 Å². The lowest BCUT2D eigenvalue weighted by Crippen LogP contribution is -2.50. The van der Waals surface area contributed by atoms with E-state index in [1.165, 1.54) is 5.56 Å². The Morgan fingerprint density at radius 2 is 1.86 bits per heavy atom. The van der Waals surface area contributed by atoms with Gasteiger partial charge in [0.05, 0.1) is 31.4 Å². The van der Waals surface area contributed by atoms with E-state index in [0.29, 0.717) is 13.2 Å². The minimum Gasteiger partial charge on any atom is -0.394 e. The standard InChI is InChI=1S/C23H31N3O3/c1-23(18-27,20-10-6-3-7-11-20)25-15-22(28)24-14-21-17-26(12-13-29-21)16-19-8-4-2-5-9-19/h2-11,21,25,27H,12-18H2,1H3,(H,24,28). The highest BCUT2D eigenvalue weighted by Gasteiger charge is 2.26. The summed E-state index contributed by atoms with van der Waals surface area (Å²) in [7, 11) is 0. The third-order valence-corrected chi connectivity index (χ3v) is 5.37. The minimum atomic E-state index is -0.660. The Morgan fingerprint density at radius 1 is 1.17 bits per heavy atom. The maximum atomic E-state index is 12.3. The molecule has 1 aliphatic heterocycles. The topological polar surface area (TPSA) is 73.8 Å². The number of morpholine rings is 1. The molecule has 2 unspecified atom stereocenters. The highest BCUT2D eigenvalue weighted by atomic mass is 16.5. The van der Waals surface area contributed by atoms with Crippen LogP contribution < -0.4 is 10.6 Å². The predicted molar refractivity (Wildman–Crippen MR) is 113 cm³/mol. The second-order valence-corrected chi connectivity index (χ2v) is 7.73. The van der Waals surface area contributed by atoms with Crippen LogP contribution in [0.5, 0.6) is 0 Å². The number of nitrogens with zero attached hydrogens (tertiary/aromatic N) is 1. The van der Waals surface area contributed by atoms with Crippen LogP contribution in [0.15, 0.2) is 60.7 Å². The van der Waals surface area contributed by atoms with E-state index in [1.807, 2.05) is 43.3 Å². The van der Waals surface area contributed by atoms with Crippen molar-refractivity contribution in [1.82, 2.24) is 15.5 Å². The second-order valence-electron chi connectivity index (χ2n) is 7.73. The fraction of sp³-hybridized carbons (Fsp3) is 0.435. The van der Waals surface area contributed by atoms with Gasteiger partial charge in [0.15, 0.2) is 0 Å². The summed E-state index contributed by atoms with van der Waals surface area (Å²) in [5.41, 5.74) is 1.57. The van der Waals surface area contributed by atoms with Crippen LogP contribution in [0, 0.1) is 0 Å². The van der Waals surface area contributed by atoms with E-state index in [4.69, 9.17) is 4.74 Å². The van der Waals surface area contributed by atoms with Crippen molar-refractivity contribution in [2.45, 2.75) is 25.1 Å². The highest BCUT2D eigenvalue weighted by Crippen LogP contribution is 2.19. The molecule has 1 fully saturated rings. The number of amides is 1. The van der Waals surface area contributed by atoms with Crippen LogP contribution in [-0.4, -0.2) is 61.4 Å². The molecule has 0 aliphatic carbocycles. The average molecular weight is 398 g/mol. The number of rotatable bonds is 9. The number of nitrogens with one attached hydrogen (secondary N) is 2. The molecule has 2 aromatic carbocycles. The first-order valence-corrected chi connectivity index (χ1v) is 10.1. The van der Waals surface area contributed by atoms with E-state index in [0.717, 1.165) is 25.2 Å². The number of carbonyl (C=O) groups excluding carboxylic acids is 1. The van der Waals surface area contributed by atoms with Gasteiger partial charge in [-0.25, -0.2) is 0 Å². The van der Waals surface area contributed by atoms with Crippen molar-refractivity contribution in [3.63, 3.8) is 0 Å². The molecule has 1 amide bonds. The Labute approximate surface area is 172 Å². The van der Waals surface area contributed by atoms with E-state index in [9.17, 15) is 9.90 Å². The zero-order valence-electron chi connectivity index (χ0n) is 17.0. The molecule has 3 N–H and O–H groups in total. The average Bonchev–Trinajstić information content (AvgIpc) is 2.77. The molecule has 6 heteroatoms. The third kappa shape index (κ3) is 6.37. The summed E-state index contributed by atoms with van der Waals surface area (Å²) in [4.78, 5) is 14.7. The number of ether oxygens (including phenoxy) is 1. The van der Waals surface area contributed by atoms with Gasteiger partial charge in [-0.15, -0.1) is 0 Å². The molecule has 0 aromatic heterocycles. The van der Waals surface area contributed by atoms with Gasteiger partial charge in [-0.2, -0.15) is 0 Å². The predicted octanol–water partition coefficient (Wildman–Crippen LogP) is 1.50. The minimum absolute atomic E-state index is 0.0187. The van der Waals surface area contributed by atoms with Gasteiger partial charge >= 0.3 is 0 Å². The van der Waals surface area contributed by atoms with Crippen LogP contribution in [0.25, 0.3) is 0 Å². The van der Waals surface area contributed by atoms with Crippen LogP contribution in [0.2, 0.25) is 0 Å². The Morgan fingerprint density at radius 3 is 2.55 bits per heavy atom. The van der Waals surface area contributed by atoms with Gasteiger partial charge < -0.3 is 15.2 Å². The number of benzene rings is 2. The summed E-state index contributed by atoms with van der Waals surface area (Å²) in [6.45, 7) is 5.66. The molecule has 2 aromatic rings. The SMILES string of the molecule is CC(CO)(NCC(=O)NCC1CN(Cc2ccccc2)CCO1)c1ccccc1. The number of hydrogen-bond donors (Lipinski definition) is 3. The molecule has 6 nitrogen and oxygen atoms in total. The summed E-state index contributed by atoms with van der Waals surface area (Å²) in [6.07, 6.45) is -0.0187. The highest BCUT2D eigenvalue weighted by molar-refractivity contribution is 5.78. The van der Waals surface area contributed by atoms with Crippen molar-refractivity contribution in [3.05, 3.63) is 71.8 Å². The summed E-state index contributed by atoms with van der Waals surface area (Å²) < 4.78 is 5.82. The van der Waals surface area contributed by atoms with Crippen molar-refractivity contribution < 1.29 is 14.6 Å². The Hall–Kier alpha value is -2.25. The van der Waals surface area contributed by atoms with Crippen molar-refractivity contribution in [2.75, 3.05) is 39.4 Å². The maximum absolute atomic E-state index is 12.3. The van der Waals surface area contributed by atoms with E-state index in [1.54, 1.807) is 0 Å². The molecule has 3 rings (SSSR count). The van der Waals surface area contributed by atoms with Crippen LogP contribution >= 0.6 is 0 Å². The van der Waals surface area contributed by atoms with E-state index < -0.39 is 5.54 Å². The first-order valence-electron chi connectivity index (χ1n) is 10.1. The third-order valence-electron chi connectivity index (χ3n) is 5.37. The second kappa shape index (κ2) is 10.5. The zero-order valence-corrected chi connectivity index (χ0v) is 17.0. The first kappa shape index (κ1) is 21.5. The quantitative estimate of drug-likeness (QED) is 0.598. The lowest BCUT2D eigenvalue weighted by atomic mass is 9.93. The lowest BCUT2D eigenvalue weighted by molar-refractivity contribution is -0.122. The number of hydrogen-bond acceptors (Lipinski definition) is 5. The normalized spacial score (nSPS) is 19.4. The molecule has 0 saturated carbocycles. The van der Waals surface area contributed by atoms with Crippen molar-refractivity contribution in [3.8, 4) is 0 Å². The first-order chi connectivity index (χ1) is 14.1. The Bertz CT molecular complexity index is 756. The van der Waals surface area contributed by atoms with Crippen LogP contribution in [0.1, 0.15) is 18.1 Å². The monoisotopic (exact) mass is 397 g/mol. The fourth-order valence-electron chi connectivity index (χ4n) is 3.51. The zero-order chi connectivity index (χ0) is 20.5. The fourth-order valence-corrected chi connectivity index (χ4v) is 3.51. The molecule has 1 heterocycles. The van der Waals surface area contributed by atoms with E-state index in [2.05, 4.69) is 39.8 Å². The molecule has 0 spiro atoms. The Balaban J connectivity index is 1.43. The van der Waals surface area contributed by atoms with Gasteiger partial charge in [0, 0.05) is 26.2 Å². The summed E-state index contributed by atoms with van der Waals surface area (Å²) in [5.74, 6) is -0.107. The van der Waals surface area contributed by atoms with Gasteiger partial charge in [0.2, 0.25) is 5.91 Å². The number of carbonyl (C=O) groups is 1. The lowest BCUT2D eigenvalue weighted by Gasteiger charge is -2.33. The summed E-state index contributed by atoms with van der Waals surface area (Å²) >= 11 is 0. The van der Waals surface area contributed by atoms with Gasteiger partial charge in [0.25, 0.3) is 0 Å². The summed E-state index contributed by atoms with van der Waals surface area (Å²) in [5, 5.41) is 15.9. The molecule has 0 radical (unpaired) electrons. The van der Waals surface area contributed by atoms with Crippen LogP contribution in [0.4, 0.5) is 0 Å². The molecule has 0 bridgehead atoms. The van der Waals surface area contributed by atoms with Gasteiger partial charge in [-0.1, -0.05) is 60.7 Å². The molecular weight excluding hydrogens is 366 g/mol. The molecule has 29 heavy (non-hydrogen) atoms. The van der Waals surface area contributed by atoms with Gasteiger partial charge in [0.1, 0.15) is 0 Å². The Kier molecular flexibility index (Phi) is 7.77. The van der Waals surface area contributed by atoms with Crippen LogP contribution in [0.3, 0.4) is 0 Å². The molecule has 2 atom stereocenters. The molecule has 1 saturated heterocycles. The van der Waals surface area contributed by atoms with E-state index in [-0.39, 0.29) is 25.2 Å². The number of aliphatic hydroxyl groups excluding tert-OH is 1. The molecule has 1 aliphatic rings. The molecule has 156 valence electrons. The van der Waals surface area contributed by atoms with Crippen LogP contribution in [-0.2, 0) is 21.6 Å². The van der Waals surface area contributed by atoms with Crippen molar-refractivity contribution in [2.24, 2.45) is 0 Å². The number of aliphatic hydroxyl groups is 1. The molecular formula is C23H31N3O3. The van der Waals surface area contributed by atoms with Gasteiger partial charge in [-0.3, -0.25) is 15.0 Å². The maximum Gasteiger partial charge on any atom is 0.234 e.